The van der Waals surface area contributed by atoms with Crippen molar-refractivity contribution in [2.24, 2.45) is 17.6 Å². The maximum Gasteiger partial charge on any atom is 0.227 e. The second-order valence-electron chi connectivity index (χ2n) is 7.21. The molecule has 1 atom stereocenters. The Hall–Kier alpha value is -2.67. The first-order chi connectivity index (χ1) is 12.6. The lowest BCUT2D eigenvalue weighted by Crippen LogP contribution is -2.33. The summed E-state index contributed by atoms with van der Waals surface area (Å²) in [5, 5.41) is 4.00. The fourth-order valence-corrected chi connectivity index (χ4v) is 3.80. The van der Waals surface area contributed by atoms with E-state index in [0.29, 0.717) is 5.92 Å². The summed E-state index contributed by atoms with van der Waals surface area (Å²) in [6.45, 7) is 2.06. The molecule has 136 valence electrons. The molecule has 1 saturated carbocycles. The SMILES string of the molecule is CC(N)C1CCC(C(=O)Nc2ccnc3[nH]c(-n4ccnc4)cc23)CC1. The van der Waals surface area contributed by atoms with Gasteiger partial charge in [0.2, 0.25) is 5.91 Å². The molecule has 4 rings (SSSR count). The highest BCUT2D eigenvalue weighted by Gasteiger charge is 2.28. The summed E-state index contributed by atoms with van der Waals surface area (Å²) in [4.78, 5) is 24.4. The predicted octanol–water partition coefficient (Wildman–Crippen LogP) is 2.84. The number of nitrogens with one attached hydrogen (secondary N) is 2. The van der Waals surface area contributed by atoms with Crippen LogP contribution in [0.2, 0.25) is 0 Å². The zero-order chi connectivity index (χ0) is 18.1. The molecular weight excluding hydrogens is 328 g/mol. The summed E-state index contributed by atoms with van der Waals surface area (Å²) >= 11 is 0. The number of hydrogen-bond acceptors (Lipinski definition) is 4. The number of hydrogen-bond donors (Lipinski definition) is 3. The van der Waals surface area contributed by atoms with E-state index >= 15 is 0 Å². The molecule has 1 aliphatic rings. The van der Waals surface area contributed by atoms with E-state index in [1.807, 2.05) is 22.9 Å². The summed E-state index contributed by atoms with van der Waals surface area (Å²) in [6.07, 6.45) is 10.9. The molecule has 3 aromatic heterocycles. The van der Waals surface area contributed by atoms with Crippen LogP contribution >= 0.6 is 0 Å². The number of nitrogens with two attached hydrogens (primary N) is 1. The summed E-state index contributed by atoms with van der Waals surface area (Å²) in [5.41, 5.74) is 7.53. The third-order valence-electron chi connectivity index (χ3n) is 5.44. The van der Waals surface area contributed by atoms with Gasteiger partial charge in [-0.05, 0) is 50.7 Å². The Kier molecular flexibility index (Phi) is 4.46. The van der Waals surface area contributed by atoms with Crippen molar-refractivity contribution in [1.82, 2.24) is 19.5 Å². The van der Waals surface area contributed by atoms with Crippen molar-refractivity contribution in [3.63, 3.8) is 0 Å². The number of H-pyrrole nitrogens is 1. The molecule has 3 heterocycles. The van der Waals surface area contributed by atoms with Crippen LogP contribution in [0.3, 0.4) is 0 Å². The van der Waals surface area contributed by atoms with Crippen LogP contribution < -0.4 is 11.1 Å². The minimum atomic E-state index is 0.0558. The van der Waals surface area contributed by atoms with E-state index < -0.39 is 0 Å². The topological polar surface area (TPSA) is 102 Å². The molecule has 0 aliphatic heterocycles. The molecule has 1 amide bonds. The van der Waals surface area contributed by atoms with Crippen LogP contribution in [0.5, 0.6) is 0 Å². The van der Waals surface area contributed by atoms with Crippen molar-refractivity contribution in [3.05, 3.63) is 37.1 Å². The fourth-order valence-electron chi connectivity index (χ4n) is 3.80. The second-order valence-corrected chi connectivity index (χ2v) is 7.21. The largest absolute Gasteiger partial charge is 0.328 e. The molecule has 0 spiro atoms. The smallest absolute Gasteiger partial charge is 0.227 e. The van der Waals surface area contributed by atoms with Crippen LogP contribution in [-0.2, 0) is 4.79 Å². The Morgan fingerprint density at radius 3 is 2.85 bits per heavy atom. The lowest BCUT2D eigenvalue weighted by molar-refractivity contribution is -0.121. The number of fused-ring (bicyclic) bond motifs is 1. The molecular formula is C19H24N6O. The van der Waals surface area contributed by atoms with Gasteiger partial charge in [0.15, 0.2) is 0 Å². The molecule has 0 aromatic carbocycles. The van der Waals surface area contributed by atoms with Crippen molar-refractivity contribution in [2.75, 3.05) is 5.32 Å². The van der Waals surface area contributed by atoms with Crippen molar-refractivity contribution in [3.8, 4) is 5.82 Å². The summed E-state index contributed by atoms with van der Waals surface area (Å²) in [5.74, 6) is 1.55. The van der Waals surface area contributed by atoms with E-state index in [1.165, 1.54) is 0 Å². The highest BCUT2D eigenvalue weighted by atomic mass is 16.1. The van der Waals surface area contributed by atoms with Crippen LogP contribution in [0.15, 0.2) is 37.1 Å². The average molecular weight is 352 g/mol. The van der Waals surface area contributed by atoms with Gasteiger partial charge < -0.3 is 16.0 Å². The van der Waals surface area contributed by atoms with Gasteiger partial charge in [-0.3, -0.25) is 9.36 Å². The van der Waals surface area contributed by atoms with Gasteiger partial charge in [-0.25, -0.2) is 9.97 Å². The first-order valence-electron chi connectivity index (χ1n) is 9.14. The monoisotopic (exact) mass is 352 g/mol. The molecule has 1 aliphatic carbocycles. The van der Waals surface area contributed by atoms with Crippen molar-refractivity contribution in [2.45, 2.75) is 38.6 Å². The number of aromatic nitrogens is 4. The maximum atomic E-state index is 12.7. The van der Waals surface area contributed by atoms with E-state index in [2.05, 4.69) is 27.2 Å². The Labute approximate surface area is 152 Å². The number of carbonyl (C=O) groups is 1. The Morgan fingerprint density at radius 2 is 2.15 bits per heavy atom. The quantitative estimate of drug-likeness (QED) is 0.672. The minimum absolute atomic E-state index is 0.0558. The van der Waals surface area contributed by atoms with Gasteiger partial charge in [0, 0.05) is 35.9 Å². The Morgan fingerprint density at radius 1 is 1.35 bits per heavy atom. The molecule has 7 nitrogen and oxygen atoms in total. The summed E-state index contributed by atoms with van der Waals surface area (Å²) in [7, 11) is 0. The number of anilines is 1. The van der Waals surface area contributed by atoms with Gasteiger partial charge in [0.25, 0.3) is 0 Å². The van der Waals surface area contributed by atoms with Crippen molar-refractivity contribution < 1.29 is 4.79 Å². The van der Waals surface area contributed by atoms with Crippen LogP contribution in [0.4, 0.5) is 5.69 Å². The first-order valence-corrected chi connectivity index (χ1v) is 9.14. The van der Waals surface area contributed by atoms with Gasteiger partial charge in [-0.1, -0.05) is 0 Å². The van der Waals surface area contributed by atoms with E-state index in [1.54, 1.807) is 18.7 Å². The number of carbonyl (C=O) groups excluding carboxylic acids is 1. The van der Waals surface area contributed by atoms with Crippen molar-refractivity contribution >= 4 is 22.6 Å². The van der Waals surface area contributed by atoms with Gasteiger partial charge >= 0.3 is 0 Å². The third kappa shape index (κ3) is 3.22. The minimum Gasteiger partial charge on any atom is -0.328 e. The number of imidazole rings is 1. The van der Waals surface area contributed by atoms with E-state index in [9.17, 15) is 4.79 Å². The molecule has 0 saturated heterocycles. The van der Waals surface area contributed by atoms with E-state index in [-0.39, 0.29) is 17.9 Å². The zero-order valence-electron chi connectivity index (χ0n) is 14.9. The van der Waals surface area contributed by atoms with Gasteiger partial charge in [-0.15, -0.1) is 0 Å². The molecule has 0 radical (unpaired) electrons. The number of nitrogens with zero attached hydrogens (tertiary/aromatic N) is 3. The Bertz CT molecular complexity index is 890. The number of rotatable bonds is 4. The second kappa shape index (κ2) is 6.92. The van der Waals surface area contributed by atoms with Gasteiger partial charge in [0.05, 0.1) is 5.69 Å². The standard InChI is InChI=1S/C19H24N6O/c1-12(20)13-2-4-14(5-3-13)19(26)23-16-6-7-22-18-15(16)10-17(24-18)25-9-8-21-11-25/h6-14H,2-5,20H2,1H3,(H2,22,23,24,26). The third-order valence-corrected chi connectivity index (χ3v) is 5.44. The lowest BCUT2D eigenvalue weighted by atomic mass is 9.79. The van der Waals surface area contributed by atoms with E-state index in [4.69, 9.17) is 5.73 Å². The van der Waals surface area contributed by atoms with E-state index in [0.717, 1.165) is 48.2 Å². The molecule has 1 fully saturated rings. The van der Waals surface area contributed by atoms with Crippen LogP contribution in [0.25, 0.3) is 16.9 Å². The predicted molar refractivity (Wildman–Crippen MR) is 101 cm³/mol. The van der Waals surface area contributed by atoms with Crippen LogP contribution in [0, 0.1) is 11.8 Å². The van der Waals surface area contributed by atoms with Crippen LogP contribution in [0.1, 0.15) is 32.6 Å². The first kappa shape index (κ1) is 16.8. The highest BCUT2D eigenvalue weighted by molar-refractivity contribution is 6.01. The van der Waals surface area contributed by atoms with Crippen molar-refractivity contribution in [1.29, 1.82) is 0 Å². The highest BCUT2D eigenvalue weighted by Crippen LogP contribution is 2.32. The maximum absolute atomic E-state index is 12.7. The molecule has 4 N–H and O–H groups in total. The Balaban J connectivity index is 1.51. The average Bonchev–Trinajstić information content (AvgIpc) is 3.31. The zero-order valence-corrected chi connectivity index (χ0v) is 14.9. The number of aromatic amines is 1. The molecule has 7 heteroatoms. The van der Waals surface area contributed by atoms with Gasteiger partial charge in [-0.2, -0.15) is 0 Å². The lowest BCUT2D eigenvalue weighted by Gasteiger charge is -2.30. The molecule has 0 bridgehead atoms. The normalized spacial score (nSPS) is 21.6. The number of pyridine rings is 1. The van der Waals surface area contributed by atoms with Crippen LogP contribution in [-0.4, -0.2) is 31.5 Å². The molecule has 3 aromatic rings. The summed E-state index contributed by atoms with van der Waals surface area (Å²) in [6, 6.07) is 4.03. The molecule has 1 unspecified atom stereocenters. The molecule has 26 heavy (non-hydrogen) atoms. The van der Waals surface area contributed by atoms with Gasteiger partial charge in [0.1, 0.15) is 17.8 Å². The fraction of sp³-hybridized carbons (Fsp3) is 0.421. The summed E-state index contributed by atoms with van der Waals surface area (Å²) < 4.78 is 1.88. The number of amides is 1.